The Labute approximate surface area is 160 Å². The molecule has 138 valence electrons. The smallest absolute Gasteiger partial charge is 0.0991 e. The molecule has 27 heavy (non-hydrogen) atoms. The summed E-state index contributed by atoms with van der Waals surface area (Å²) in [7, 11) is 0. The normalized spacial score (nSPS) is 21.4. The zero-order chi connectivity index (χ0) is 18.3. The molecule has 2 aliphatic rings. The van der Waals surface area contributed by atoms with Gasteiger partial charge in [-0.25, -0.2) is 4.98 Å². The van der Waals surface area contributed by atoms with Crippen LogP contribution in [0.5, 0.6) is 0 Å². The van der Waals surface area contributed by atoms with Gasteiger partial charge < -0.3 is 9.67 Å². The van der Waals surface area contributed by atoms with E-state index in [0.29, 0.717) is 0 Å². The lowest BCUT2D eigenvalue weighted by Gasteiger charge is -2.42. The number of aliphatic hydroxyl groups is 1. The number of likely N-dealkylation sites (tertiary alicyclic amines) is 1. The Hall–Kier alpha value is -2.43. The summed E-state index contributed by atoms with van der Waals surface area (Å²) in [4.78, 5) is 6.62. The second-order valence-electron chi connectivity index (χ2n) is 7.95. The van der Waals surface area contributed by atoms with Crippen LogP contribution in [0.1, 0.15) is 29.5 Å². The Morgan fingerprint density at radius 2 is 1.81 bits per heavy atom. The van der Waals surface area contributed by atoms with Crippen LogP contribution in [0.3, 0.4) is 0 Å². The van der Waals surface area contributed by atoms with E-state index in [9.17, 15) is 5.11 Å². The van der Waals surface area contributed by atoms with Crippen molar-refractivity contribution in [2.24, 2.45) is 0 Å². The van der Waals surface area contributed by atoms with Gasteiger partial charge in [0.05, 0.1) is 12.4 Å². The highest BCUT2D eigenvalue weighted by Gasteiger charge is 2.47. The summed E-state index contributed by atoms with van der Waals surface area (Å²) in [5.41, 5.74) is 5.18. The molecule has 5 rings (SSSR count). The lowest BCUT2D eigenvalue weighted by atomic mass is 9.72. The van der Waals surface area contributed by atoms with Crippen molar-refractivity contribution >= 4 is 0 Å². The minimum absolute atomic E-state index is 0.0294. The van der Waals surface area contributed by atoms with E-state index in [2.05, 4.69) is 58.4 Å². The fourth-order valence-electron chi connectivity index (χ4n) is 4.92. The minimum atomic E-state index is -0.230. The van der Waals surface area contributed by atoms with Crippen molar-refractivity contribution in [3.8, 4) is 5.69 Å². The Balaban J connectivity index is 1.26. The van der Waals surface area contributed by atoms with Gasteiger partial charge in [-0.1, -0.05) is 36.4 Å². The molecular formula is C23H25N3O. The zero-order valence-electron chi connectivity index (χ0n) is 15.5. The number of hydrogen-bond donors (Lipinski definition) is 1. The highest BCUT2D eigenvalue weighted by Crippen LogP contribution is 2.46. The van der Waals surface area contributed by atoms with Crippen molar-refractivity contribution in [1.29, 1.82) is 0 Å². The van der Waals surface area contributed by atoms with E-state index in [0.717, 1.165) is 44.6 Å². The summed E-state index contributed by atoms with van der Waals surface area (Å²) in [6, 6.07) is 17.3. The van der Waals surface area contributed by atoms with Crippen LogP contribution in [0.2, 0.25) is 0 Å². The predicted octanol–water partition coefficient (Wildman–Crippen LogP) is 3.32. The highest BCUT2D eigenvalue weighted by atomic mass is 16.3. The van der Waals surface area contributed by atoms with Crippen LogP contribution in [0, 0.1) is 0 Å². The topological polar surface area (TPSA) is 41.3 Å². The zero-order valence-corrected chi connectivity index (χ0v) is 15.5. The van der Waals surface area contributed by atoms with Gasteiger partial charge in [0.15, 0.2) is 0 Å². The summed E-state index contributed by atoms with van der Waals surface area (Å²) >= 11 is 0. The third-order valence-corrected chi connectivity index (χ3v) is 6.50. The minimum Gasteiger partial charge on any atom is -0.392 e. The van der Waals surface area contributed by atoms with Gasteiger partial charge in [-0.05, 0) is 61.2 Å². The maximum atomic E-state index is 10.8. The number of nitrogens with zero attached hydrogens (tertiary/aromatic N) is 3. The van der Waals surface area contributed by atoms with Gasteiger partial charge in [0.2, 0.25) is 0 Å². The number of piperidine rings is 1. The van der Waals surface area contributed by atoms with Gasteiger partial charge in [0.1, 0.15) is 0 Å². The lowest BCUT2D eigenvalue weighted by Crippen LogP contribution is -2.47. The van der Waals surface area contributed by atoms with E-state index < -0.39 is 0 Å². The van der Waals surface area contributed by atoms with Gasteiger partial charge in [-0.2, -0.15) is 0 Å². The molecule has 0 bridgehead atoms. The van der Waals surface area contributed by atoms with E-state index in [1.165, 1.54) is 16.7 Å². The summed E-state index contributed by atoms with van der Waals surface area (Å²) in [6.07, 6.45) is 8.25. The van der Waals surface area contributed by atoms with Gasteiger partial charge in [0.25, 0.3) is 0 Å². The summed E-state index contributed by atoms with van der Waals surface area (Å²) in [5, 5.41) is 10.8. The SMILES string of the molecule is OC1Cc2ccccc2C12CCN(Cc1ccc(-n3ccnc3)cc1)CC2. The number of aromatic nitrogens is 2. The van der Waals surface area contributed by atoms with E-state index in [1.807, 2.05) is 17.1 Å². The fraction of sp³-hybridized carbons (Fsp3) is 0.348. The van der Waals surface area contributed by atoms with Crippen LogP contribution in [-0.4, -0.2) is 38.8 Å². The number of hydrogen-bond acceptors (Lipinski definition) is 3. The molecule has 0 saturated carbocycles. The maximum absolute atomic E-state index is 10.8. The molecule has 1 saturated heterocycles. The second kappa shape index (κ2) is 6.63. The van der Waals surface area contributed by atoms with Gasteiger partial charge in [0, 0.05) is 30.0 Å². The molecule has 1 unspecified atom stereocenters. The van der Waals surface area contributed by atoms with Crippen LogP contribution in [0.15, 0.2) is 67.3 Å². The van der Waals surface area contributed by atoms with Crippen molar-refractivity contribution in [1.82, 2.24) is 14.5 Å². The quantitative estimate of drug-likeness (QED) is 0.780. The monoisotopic (exact) mass is 359 g/mol. The molecule has 0 radical (unpaired) electrons. The Bertz CT molecular complexity index is 909. The summed E-state index contributed by atoms with van der Waals surface area (Å²) in [6.45, 7) is 3.04. The van der Waals surface area contributed by atoms with Crippen LogP contribution >= 0.6 is 0 Å². The molecule has 2 aromatic carbocycles. The average molecular weight is 359 g/mol. The van der Waals surface area contributed by atoms with E-state index >= 15 is 0 Å². The molecule has 1 atom stereocenters. The van der Waals surface area contributed by atoms with Crippen molar-refractivity contribution in [2.45, 2.75) is 37.3 Å². The number of imidazole rings is 1. The third-order valence-electron chi connectivity index (χ3n) is 6.50. The van der Waals surface area contributed by atoms with Gasteiger partial charge in [-0.15, -0.1) is 0 Å². The Morgan fingerprint density at radius 1 is 1.04 bits per heavy atom. The third kappa shape index (κ3) is 2.89. The molecule has 2 heterocycles. The lowest BCUT2D eigenvalue weighted by molar-refractivity contribution is 0.0414. The fourth-order valence-corrected chi connectivity index (χ4v) is 4.92. The second-order valence-corrected chi connectivity index (χ2v) is 7.95. The Kier molecular flexibility index (Phi) is 4.10. The molecule has 3 aromatic rings. The first-order valence-corrected chi connectivity index (χ1v) is 9.81. The molecule has 4 nitrogen and oxygen atoms in total. The van der Waals surface area contributed by atoms with E-state index in [-0.39, 0.29) is 11.5 Å². The molecular weight excluding hydrogens is 334 g/mol. The van der Waals surface area contributed by atoms with Crippen LogP contribution in [-0.2, 0) is 18.4 Å². The van der Waals surface area contributed by atoms with Crippen molar-refractivity contribution in [3.63, 3.8) is 0 Å². The number of benzene rings is 2. The molecule has 0 amide bonds. The predicted molar refractivity (Wildman–Crippen MR) is 106 cm³/mol. The largest absolute Gasteiger partial charge is 0.392 e. The van der Waals surface area contributed by atoms with Crippen molar-refractivity contribution in [3.05, 3.63) is 83.9 Å². The van der Waals surface area contributed by atoms with Crippen LogP contribution in [0.4, 0.5) is 0 Å². The molecule has 1 spiro atoms. The van der Waals surface area contributed by atoms with E-state index in [1.54, 1.807) is 6.20 Å². The first-order valence-electron chi connectivity index (χ1n) is 9.81. The average Bonchev–Trinajstić information content (AvgIpc) is 3.32. The number of aliphatic hydroxyl groups excluding tert-OH is 1. The molecule has 1 aliphatic carbocycles. The highest BCUT2D eigenvalue weighted by molar-refractivity contribution is 5.42. The van der Waals surface area contributed by atoms with E-state index in [4.69, 9.17) is 0 Å². The van der Waals surface area contributed by atoms with Crippen LogP contribution < -0.4 is 0 Å². The molecule has 4 heteroatoms. The molecule has 1 fully saturated rings. The molecule has 1 N–H and O–H groups in total. The molecule has 1 aliphatic heterocycles. The number of fused-ring (bicyclic) bond motifs is 2. The summed E-state index contributed by atoms with van der Waals surface area (Å²) in [5.74, 6) is 0. The van der Waals surface area contributed by atoms with Crippen molar-refractivity contribution in [2.75, 3.05) is 13.1 Å². The first-order chi connectivity index (χ1) is 13.2. The number of rotatable bonds is 3. The maximum Gasteiger partial charge on any atom is 0.0991 e. The van der Waals surface area contributed by atoms with Gasteiger partial charge >= 0.3 is 0 Å². The van der Waals surface area contributed by atoms with Crippen molar-refractivity contribution < 1.29 is 5.11 Å². The van der Waals surface area contributed by atoms with Gasteiger partial charge in [-0.3, -0.25) is 4.90 Å². The Morgan fingerprint density at radius 3 is 2.56 bits per heavy atom. The first kappa shape index (κ1) is 16.7. The standard InChI is InChI=1S/C23H25N3O/c27-22-15-19-3-1-2-4-21(19)23(22)9-12-25(13-10-23)16-18-5-7-20(8-6-18)26-14-11-24-17-26/h1-8,11,14,17,22,27H,9-10,12-13,15-16H2. The van der Waals surface area contributed by atoms with Crippen LogP contribution in [0.25, 0.3) is 5.69 Å². The summed E-state index contributed by atoms with van der Waals surface area (Å²) < 4.78 is 2.02. The molecule has 1 aromatic heterocycles.